The van der Waals surface area contributed by atoms with E-state index in [1.165, 1.54) is 0 Å². The molecule has 0 aromatic heterocycles. The number of hydrogen-bond donors (Lipinski definition) is 2. The first-order valence-electron chi connectivity index (χ1n) is 6.83. The maximum Gasteiger partial charge on any atom is 0.240 e. The summed E-state index contributed by atoms with van der Waals surface area (Å²) < 4.78 is 0. The Bertz CT molecular complexity index is 329. The van der Waals surface area contributed by atoms with E-state index in [2.05, 4.69) is 10.6 Å². The number of carbonyl (C=O) groups is 2. The lowest BCUT2D eigenvalue weighted by Crippen LogP contribution is -2.55. The smallest absolute Gasteiger partial charge is 0.240 e. The molecule has 0 spiro atoms. The van der Waals surface area contributed by atoms with Crippen LogP contribution in [0.1, 0.15) is 39.5 Å². The molecule has 5 heteroatoms. The van der Waals surface area contributed by atoms with Crippen LogP contribution in [0.2, 0.25) is 0 Å². The van der Waals surface area contributed by atoms with Gasteiger partial charge in [-0.05, 0) is 39.2 Å². The fraction of sp³-hybridized carbons (Fsp3) is 0.846. The molecule has 0 radical (unpaired) electrons. The lowest BCUT2D eigenvalue weighted by Gasteiger charge is -2.33. The van der Waals surface area contributed by atoms with Crippen molar-refractivity contribution < 1.29 is 9.59 Å². The number of rotatable bonds is 2. The van der Waals surface area contributed by atoms with Crippen LogP contribution in [0.3, 0.4) is 0 Å². The monoisotopic (exact) mass is 253 g/mol. The molecule has 2 aliphatic heterocycles. The minimum absolute atomic E-state index is 0.112. The summed E-state index contributed by atoms with van der Waals surface area (Å²) in [5, 5.41) is 6.39. The molecule has 2 heterocycles. The lowest BCUT2D eigenvalue weighted by atomic mass is 9.97. The summed E-state index contributed by atoms with van der Waals surface area (Å²) in [6.45, 7) is 6.00. The van der Waals surface area contributed by atoms with Gasteiger partial charge in [0, 0.05) is 26.1 Å². The Morgan fingerprint density at radius 1 is 1.33 bits per heavy atom. The first-order valence-corrected chi connectivity index (χ1v) is 6.83. The van der Waals surface area contributed by atoms with Crippen LogP contribution < -0.4 is 10.6 Å². The van der Waals surface area contributed by atoms with Gasteiger partial charge in [0.25, 0.3) is 0 Å². The third kappa shape index (κ3) is 2.83. The molecule has 0 aliphatic carbocycles. The zero-order chi connectivity index (χ0) is 13.2. The van der Waals surface area contributed by atoms with Crippen molar-refractivity contribution in [3.05, 3.63) is 0 Å². The van der Waals surface area contributed by atoms with Gasteiger partial charge in [-0.25, -0.2) is 0 Å². The summed E-state index contributed by atoms with van der Waals surface area (Å²) in [5.74, 6) is 0.241. The van der Waals surface area contributed by atoms with Crippen LogP contribution in [0.15, 0.2) is 0 Å². The van der Waals surface area contributed by atoms with Crippen LogP contribution >= 0.6 is 0 Å². The van der Waals surface area contributed by atoms with E-state index in [4.69, 9.17) is 0 Å². The van der Waals surface area contributed by atoms with Gasteiger partial charge in [-0.3, -0.25) is 9.59 Å². The molecule has 102 valence electrons. The van der Waals surface area contributed by atoms with E-state index < -0.39 is 5.54 Å². The minimum atomic E-state index is -0.391. The molecular weight excluding hydrogens is 230 g/mol. The fourth-order valence-corrected chi connectivity index (χ4v) is 2.77. The average molecular weight is 253 g/mol. The molecule has 5 nitrogen and oxygen atoms in total. The van der Waals surface area contributed by atoms with Crippen LogP contribution in [0.25, 0.3) is 0 Å². The summed E-state index contributed by atoms with van der Waals surface area (Å²) in [6, 6.07) is 0.215. The third-order valence-corrected chi connectivity index (χ3v) is 4.15. The molecular formula is C13H23N3O2. The Balaban J connectivity index is 1.81. The number of carbonyl (C=O) groups excluding carboxylic acids is 2. The standard InChI is InChI=1S/C13H23N3O2/c1-10(17)16-8-4-11(5-9-16)15-12(18)13(2)6-3-7-14-13/h11,14H,3-9H2,1-2H3,(H,15,18). The van der Waals surface area contributed by atoms with E-state index in [-0.39, 0.29) is 17.9 Å². The van der Waals surface area contributed by atoms with Crippen molar-refractivity contribution in [3.8, 4) is 0 Å². The van der Waals surface area contributed by atoms with E-state index in [1.807, 2.05) is 11.8 Å². The van der Waals surface area contributed by atoms with Crippen molar-refractivity contribution >= 4 is 11.8 Å². The Kier molecular flexibility index (Phi) is 3.90. The second kappa shape index (κ2) is 5.26. The highest BCUT2D eigenvalue weighted by molar-refractivity contribution is 5.86. The molecule has 0 aromatic carbocycles. The molecule has 2 amide bonds. The Labute approximate surface area is 108 Å². The second-order valence-electron chi connectivity index (χ2n) is 5.62. The number of amides is 2. The first-order chi connectivity index (χ1) is 8.51. The maximum absolute atomic E-state index is 12.2. The molecule has 1 unspecified atom stereocenters. The Hall–Kier alpha value is -1.10. The van der Waals surface area contributed by atoms with E-state index in [9.17, 15) is 9.59 Å². The first kappa shape index (κ1) is 13.3. The predicted molar refractivity (Wildman–Crippen MR) is 69.1 cm³/mol. The Morgan fingerprint density at radius 3 is 2.50 bits per heavy atom. The summed E-state index contributed by atoms with van der Waals surface area (Å²) in [4.78, 5) is 25.3. The van der Waals surface area contributed by atoms with Crippen molar-refractivity contribution in [1.29, 1.82) is 0 Å². The number of nitrogens with zero attached hydrogens (tertiary/aromatic N) is 1. The van der Waals surface area contributed by atoms with Crippen LogP contribution in [-0.2, 0) is 9.59 Å². The zero-order valence-electron chi connectivity index (χ0n) is 11.3. The minimum Gasteiger partial charge on any atom is -0.352 e. The van der Waals surface area contributed by atoms with Gasteiger partial charge >= 0.3 is 0 Å². The molecule has 18 heavy (non-hydrogen) atoms. The van der Waals surface area contributed by atoms with Crippen LogP contribution in [0.4, 0.5) is 0 Å². The van der Waals surface area contributed by atoms with Crippen molar-refractivity contribution in [1.82, 2.24) is 15.5 Å². The molecule has 2 aliphatic rings. The van der Waals surface area contributed by atoms with Crippen LogP contribution in [-0.4, -0.2) is 47.9 Å². The van der Waals surface area contributed by atoms with Gasteiger partial charge in [0.1, 0.15) is 0 Å². The van der Waals surface area contributed by atoms with Crippen molar-refractivity contribution in [2.24, 2.45) is 0 Å². The van der Waals surface area contributed by atoms with Gasteiger partial charge in [0.2, 0.25) is 11.8 Å². The number of nitrogens with one attached hydrogen (secondary N) is 2. The summed E-state index contributed by atoms with van der Waals surface area (Å²) in [6.07, 6.45) is 3.70. The van der Waals surface area contributed by atoms with Gasteiger partial charge in [-0.1, -0.05) is 0 Å². The molecule has 0 bridgehead atoms. The lowest BCUT2D eigenvalue weighted by molar-refractivity contribution is -0.130. The second-order valence-corrected chi connectivity index (χ2v) is 5.62. The molecule has 2 fully saturated rings. The van der Waals surface area contributed by atoms with Gasteiger partial charge in [0.15, 0.2) is 0 Å². The summed E-state index contributed by atoms with van der Waals surface area (Å²) in [7, 11) is 0. The summed E-state index contributed by atoms with van der Waals surface area (Å²) >= 11 is 0. The SMILES string of the molecule is CC(=O)N1CCC(NC(=O)C2(C)CCCN2)CC1. The quantitative estimate of drug-likeness (QED) is 0.742. The molecule has 2 saturated heterocycles. The van der Waals surface area contributed by atoms with Crippen LogP contribution in [0, 0.1) is 0 Å². The average Bonchev–Trinajstić information content (AvgIpc) is 2.78. The predicted octanol–water partition coefficient (Wildman–Crippen LogP) is 0.256. The molecule has 2 N–H and O–H groups in total. The topological polar surface area (TPSA) is 61.4 Å². The van der Waals surface area contributed by atoms with Gasteiger partial charge < -0.3 is 15.5 Å². The van der Waals surface area contributed by atoms with Gasteiger partial charge in [-0.15, -0.1) is 0 Å². The highest BCUT2D eigenvalue weighted by atomic mass is 16.2. The van der Waals surface area contributed by atoms with Gasteiger partial charge in [-0.2, -0.15) is 0 Å². The third-order valence-electron chi connectivity index (χ3n) is 4.15. The number of hydrogen-bond acceptors (Lipinski definition) is 3. The van der Waals surface area contributed by atoms with E-state index in [1.54, 1.807) is 6.92 Å². The van der Waals surface area contributed by atoms with E-state index >= 15 is 0 Å². The van der Waals surface area contributed by atoms with Crippen molar-refractivity contribution in [2.75, 3.05) is 19.6 Å². The van der Waals surface area contributed by atoms with Crippen LogP contribution in [0.5, 0.6) is 0 Å². The van der Waals surface area contributed by atoms with Crippen molar-refractivity contribution in [3.63, 3.8) is 0 Å². The molecule has 0 aromatic rings. The summed E-state index contributed by atoms with van der Waals surface area (Å²) in [5.41, 5.74) is -0.391. The maximum atomic E-state index is 12.2. The number of likely N-dealkylation sites (tertiary alicyclic amines) is 1. The normalized spacial score (nSPS) is 29.3. The molecule has 2 rings (SSSR count). The number of piperidine rings is 1. The highest BCUT2D eigenvalue weighted by Crippen LogP contribution is 2.20. The van der Waals surface area contributed by atoms with Gasteiger partial charge in [0.05, 0.1) is 5.54 Å². The Morgan fingerprint density at radius 2 is 2.00 bits per heavy atom. The largest absolute Gasteiger partial charge is 0.352 e. The van der Waals surface area contributed by atoms with E-state index in [0.29, 0.717) is 0 Å². The molecule has 0 saturated carbocycles. The highest BCUT2D eigenvalue weighted by Gasteiger charge is 2.37. The zero-order valence-corrected chi connectivity index (χ0v) is 11.3. The van der Waals surface area contributed by atoms with E-state index in [0.717, 1.165) is 45.3 Å². The van der Waals surface area contributed by atoms with Crippen molar-refractivity contribution in [2.45, 2.75) is 51.1 Å². The fourth-order valence-electron chi connectivity index (χ4n) is 2.77. The molecule has 1 atom stereocenters.